The Morgan fingerprint density at radius 3 is 2.42 bits per heavy atom. The van der Waals surface area contributed by atoms with Crippen molar-refractivity contribution in [2.24, 2.45) is 5.92 Å². The van der Waals surface area contributed by atoms with Gasteiger partial charge in [-0.1, -0.05) is 66.7 Å². The number of amides is 4. The number of aliphatic hydroxyl groups is 1. The molecule has 12 nitrogen and oxygen atoms in total. The van der Waals surface area contributed by atoms with Crippen molar-refractivity contribution in [2.75, 3.05) is 19.1 Å². The Kier molecular flexibility index (Phi) is 11.5. The minimum atomic E-state index is -1.70. The van der Waals surface area contributed by atoms with Crippen LogP contribution >= 0.6 is 11.8 Å². The average Bonchev–Trinajstić information content (AvgIpc) is 3.80. The van der Waals surface area contributed by atoms with Gasteiger partial charge >= 0.3 is 0 Å². The normalized spacial score (nSPS) is 19.8. The third kappa shape index (κ3) is 8.43. The Hall–Kier alpha value is -4.85. The van der Waals surface area contributed by atoms with E-state index >= 15 is 0 Å². The average molecular weight is 725 g/mol. The molecule has 2 fully saturated rings. The van der Waals surface area contributed by atoms with Crippen molar-refractivity contribution in [3.05, 3.63) is 107 Å². The van der Waals surface area contributed by atoms with Crippen LogP contribution in [0.15, 0.2) is 85.1 Å². The summed E-state index contributed by atoms with van der Waals surface area (Å²) in [6.07, 6.45) is 0.298. The van der Waals surface area contributed by atoms with E-state index in [2.05, 4.69) is 25.9 Å². The molecule has 13 heteroatoms. The molecule has 0 unspecified atom stereocenters. The van der Waals surface area contributed by atoms with Gasteiger partial charge in [0.1, 0.15) is 17.8 Å². The van der Waals surface area contributed by atoms with E-state index in [-0.39, 0.29) is 36.4 Å². The van der Waals surface area contributed by atoms with Crippen LogP contribution in [0.1, 0.15) is 47.4 Å². The van der Waals surface area contributed by atoms with E-state index in [1.54, 1.807) is 18.2 Å². The summed E-state index contributed by atoms with van der Waals surface area (Å²) in [5.41, 5.74) is 3.99. The molecule has 0 aliphatic carbocycles. The molecule has 0 bridgehead atoms. The van der Waals surface area contributed by atoms with Gasteiger partial charge < -0.3 is 30.7 Å². The monoisotopic (exact) mass is 724 g/mol. The molecule has 52 heavy (non-hydrogen) atoms. The second-order valence-corrected chi connectivity index (χ2v) is 15.4. The van der Waals surface area contributed by atoms with E-state index in [4.69, 9.17) is 4.74 Å². The smallest absolute Gasteiger partial charge is 0.272 e. The number of rotatable bonds is 12. The summed E-state index contributed by atoms with van der Waals surface area (Å²) in [6.45, 7) is 6.72. The number of carbonyl (C=O) groups is 4. The van der Waals surface area contributed by atoms with E-state index in [1.165, 1.54) is 22.9 Å². The molecule has 0 saturated carbocycles. The van der Waals surface area contributed by atoms with Crippen molar-refractivity contribution in [3.8, 4) is 0 Å². The molecule has 0 radical (unpaired) electrons. The quantitative estimate of drug-likeness (QED) is 0.172. The highest BCUT2D eigenvalue weighted by molar-refractivity contribution is 8.00. The summed E-state index contributed by atoms with van der Waals surface area (Å²) in [5, 5.41) is 20.5. The minimum absolute atomic E-state index is 0.0485. The maximum atomic E-state index is 14.2. The molecule has 272 valence electrons. The standard InChI is InChI=1S/C39H44N6O6S/c1-24-11-7-8-14-26(24)20-41-37(49)34-39(2,3)52-23-45(34)38(50)33(46)30(19-25-12-5-4-6-13-25)43-36(48)32(27-17-18-51-22-27)44-35(47)31-21-40-28-15-9-10-16-29(28)42-31/h4-16,21,27,30,32-34,46H,17-20,22-23H2,1-3H3,(H,41,49)(H,43,48)(H,44,47)/t27-,30-,32-,33-,34+/m0/s1. The summed E-state index contributed by atoms with van der Waals surface area (Å²) in [4.78, 5) is 65.7. The first-order valence-electron chi connectivity index (χ1n) is 17.4. The molecule has 0 spiro atoms. The van der Waals surface area contributed by atoms with Crippen LogP contribution in [-0.4, -0.2) is 91.7 Å². The highest BCUT2D eigenvalue weighted by Gasteiger charge is 2.50. The first-order chi connectivity index (χ1) is 25.0. The highest BCUT2D eigenvalue weighted by Crippen LogP contribution is 2.40. The van der Waals surface area contributed by atoms with Gasteiger partial charge in [-0.05, 0) is 62.4 Å². The molecule has 4 amide bonds. The lowest BCUT2D eigenvalue weighted by molar-refractivity contribution is -0.148. The largest absolute Gasteiger partial charge is 0.381 e. The number of ether oxygens (including phenoxy) is 1. The van der Waals surface area contributed by atoms with Gasteiger partial charge in [0.2, 0.25) is 11.8 Å². The number of carbonyl (C=O) groups excluding carboxylic acids is 4. The minimum Gasteiger partial charge on any atom is -0.381 e. The van der Waals surface area contributed by atoms with Crippen LogP contribution in [0.5, 0.6) is 0 Å². The SMILES string of the molecule is Cc1ccccc1CNC(=O)[C@H]1N(C(=O)[C@@H](O)[C@H](Cc2ccccc2)NC(=O)[C@@H](NC(=O)c2cnc3ccccc3n2)[C@H]2CCOC2)CSC1(C)C. The van der Waals surface area contributed by atoms with Crippen LogP contribution in [0.3, 0.4) is 0 Å². The lowest BCUT2D eigenvalue weighted by atomic mass is 9.94. The summed E-state index contributed by atoms with van der Waals surface area (Å²) >= 11 is 1.44. The summed E-state index contributed by atoms with van der Waals surface area (Å²) < 4.78 is 4.94. The highest BCUT2D eigenvalue weighted by atomic mass is 32.2. The zero-order chi connectivity index (χ0) is 36.8. The van der Waals surface area contributed by atoms with Crippen LogP contribution in [0, 0.1) is 12.8 Å². The molecular formula is C39H44N6O6S. The number of aliphatic hydroxyl groups excluding tert-OH is 1. The molecule has 1 aromatic heterocycles. The fourth-order valence-electron chi connectivity index (χ4n) is 6.72. The number of hydrogen-bond donors (Lipinski definition) is 4. The lowest BCUT2D eigenvalue weighted by Gasteiger charge is -2.34. The van der Waals surface area contributed by atoms with E-state index in [1.807, 2.05) is 81.4 Å². The van der Waals surface area contributed by atoms with Gasteiger partial charge in [-0.25, -0.2) is 4.98 Å². The zero-order valence-electron chi connectivity index (χ0n) is 29.5. The number of para-hydroxylation sites is 2. The molecule has 3 heterocycles. The first-order valence-corrected chi connectivity index (χ1v) is 18.4. The van der Waals surface area contributed by atoms with E-state index < -0.39 is 46.7 Å². The number of aryl methyl sites for hydroxylation is 1. The topological polar surface area (TPSA) is 163 Å². The number of fused-ring (bicyclic) bond motifs is 1. The first kappa shape index (κ1) is 36.9. The molecule has 4 N–H and O–H groups in total. The van der Waals surface area contributed by atoms with Crippen molar-refractivity contribution < 1.29 is 29.0 Å². The lowest BCUT2D eigenvalue weighted by Crippen LogP contribution is -2.60. The van der Waals surface area contributed by atoms with E-state index in [9.17, 15) is 24.3 Å². The molecule has 6 rings (SSSR count). The number of benzene rings is 3. The van der Waals surface area contributed by atoms with Crippen molar-refractivity contribution in [1.82, 2.24) is 30.8 Å². The summed E-state index contributed by atoms with van der Waals surface area (Å²) in [5.74, 6) is -2.34. The second-order valence-electron chi connectivity index (χ2n) is 13.8. The zero-order valence-corrected chi connectivity index (χ0v) is 30.3. The molecule has 2 saturated heterocycles. The Bertz CT molecular complexity index is 1920. The van der Waals surface area contributed by atoms with E-state index in [0.29, 0.717) is 30.6 Å². The van der Waals surface area contributed by atoms with Gasteiger partial charge in [-0.3, -0.25) is 24.2 Å². The third-order valence-corrected chi connectivity index (χ3v) is 11.1. The Morgan fingerprint density at radius 2 is 1.69 bits per heavy atom. The van der Waals surface area contributed by atoms with Crippen molar-refractivity contribution in [2.45, 2.75) is 69.1 Å². The molecular weight excluding hydrogens is 681 g/mol. The number of aromatic nitrogens is 2. The van der Waals surface area contributed by atoms with Gasteiger partial charge in [0.25, 0.3) is 11.8 Å². The van der Waals surface area contributed by atoms with Crippen LogP contribution in [-0.2, 0) is 32.1 Å². The van der Waals surface area contributed by atoms with E-state index in [0.717, 1.165) is 16.7 Å². The van der Waals surface area contributed by atoms with Crippen molar-refractivity contribution in [3.63, 3.8) is 0 Å². The number of hydrogen-bond acceptors (Lipinski definition) is 9. The van der Waals surface area contributed by atoms with Gasteiger partial charge in [0.15, 0.2) is 6.10 Å². The Labute approximate surface area is 307 Å². The van der Waals surface area contributed by atoms with Crippen LogP contribution in [0.2, 0.25) is 0 Å². The van der Waals surface area contributed by atoms with Crippen molar-refractivity contribution in [1.29, 1.82) is 0 Å². The fourth-order valence-corrected chi connectivity index (χ4v) is 7.86. The molecule has 4 aromatic rings. The molecule has 5 atom stereocenters. The second kappa shape index (κ2) is 16.2. The predicted octanol–water partition coefficient (Wildman–Crippen LogP) is 3.16. The predicted molar refractivity (Wildman–Crippen MR) is 198 cm³/mol. The number of nitrogens with one attached hydrogen (secondary N) is 3. The maximum absolute atomic E-state index is 14.2. The van der Waals surface area contributed by atoms with Gasteiger partial charge in [0, 0.05) is 23.8 Å². The molecule has 3 aromatic carbocycles. The van der Waals surface area contributed by atoms with Gasteiger partial charge in [0.05, 0.1) is 35.8 Å². The number of nitrogens with zero attached hydrogens (tertiary/aromatic N) is 3. The summed E-state index contributed by atoms with van der Waals surface area (Å²) in [6, 6.07) is 21.1. The van der Waals surface area contributed by atoms with Crippen LogP contribution in [0.25, 0.3) is 11.0 Å². The molecule has 2 aliphatic heterocycles. The summed E-state index contributed by atoms with van der Waals surface area (Å²) in [7, 11) is 0. The van der Waals surface area contributed by atoms with Gasteiger partial charge in [-0.2, -0.15) is 0 Å². The van der Waals surface area contributed by atoms with Crippen LogP contribution < -0.4 is 16.0 Å². The Morgan fingerprint density at radius 1 is 0.981 bits per heavy atom. The number of thioether (sulfide) groups is 1. The Balaban J connectivity index is 1.22. The fraction of sp³-hybridized carbons (Fsp3) is 0.385. The third-order valence-electron chi connectivity index (χ3n) is 9.74. The van der Waals surface area contributed by atoms with Crippen molar-refractivity contribution >= 4 is 46.4 Å². The van der Waals surface area contributed by atoms with Gasteiger partial charge in [-0.15, -0.1) is 11.8 Å². The van der Waals surface area contributed by atoms with Crippen LogP contribution in [0.4, 0.5) is 0 Å². The maximum Gasteiger partial charge on any atom is 0.272 e. The molecule has 2 aliphatic rings.